The fraction of sp³-hybridized carbons (Fsp3) is 0.286. The summed E-state index contributed by atoms with van der Waals surface area (Å²) < 4.78 is 0. The quantitative estimate of drug-likeness (QED) is 0.687. The highest BCUT2D eigenvalue weighted by Crippen LogP contribution is 2.16. The number of carbonyl (C=O) groups is 2. The summed E-state index contributed by atoms with van der Waals surface area (Å²) in [4.78, 5) is 22.5. The highest BCUT2D eigenvalue weighted by molar-refractivity contribution is 5.76. The minimum atomic E-state index is -0.964. The van der Waals surface area contributed by atoms with Gasteiger partial charge in [0.05, 0.1) is 12.5 Å². The highest BCUT2D eigenvalue weighted by atomic mass is 16.4. The fourth-order valence-corrected chi connectivity index (χ4v) is 1.55. The van der Waals surface area contributed by atoms with Crippen molar-refractivity contribution in [3.8, 4) is 0 Å². The van der Waals surface area contributed by atoms with Crippen LogP contribution in [0.3, 0.4) is 0 Å². The summed E-state index contributed by atoms with van der Waals surface area (Å²) in [7, 11) is 0. The molecule has 0 bridgehead atoms. The maximum atomic E-state index is 11.7. The predicted molar refractivity (Wildman–Crippen MR) is 72.8 cm³/mol. The number of carboxylic acids is 1. The van der Waals surface area contributed by atoms with E-state index in [2.05, 4.69) is 17.2 Å². The first kappa shape index (κ1) is 14.8. The minimum absolute atomic E-state index is 0.162. The number of amides is 2. The predicted octanol–water partition coefficient (Wildman–Crippen LogP) is 2.08. The van der Waals surface area contributed by atoms with Gasteiger partial charge < -0.3 is 15.7 Å². The van der Waals surface area contributed by atoms with Crippen LogP contribution in [0.1, 0.15) is 24.9 Å². The van der Waals surface area contributed by atoms with E-state index in [0.29, 0.717) is 6.54 Å². The molecule has 0 aliphatic rings. The Kier molecular flexibility index (Phi) is 5.60. The second kappa shape index (κ2) is 7.20. The zero-order valence-corrected chi connectivity index (χ0v) is 10.8. The van der Waals surface area contributed by atoms with Gasteiger partial charge in [0, 0.05) is 6.54 Å². The number of carbonyl (C=O) groups excluding carboxylic acids is 1. The van der Waals surface area contributed by atoms with Crippen LogP contribution in [0.5, 0.6) is 0 Å². The third kappa shape index (κ3) is 5.72. The SMILES string of the molecule is C=C(C)CNC(=O)NC(CC(=O)O)c1ccccc1. The molecule has 1 atom stereocenters. The maximum absolute atomic E-state index is 11.7. The van der Waals surface area contributed by atoms with Crippen molar-refractivity contribution in [1.82, 2.24) is 10.6 Å². The lowest BCUT2D eigenvalue weighted by atomic mass is 10.0. The van der Waals surface area contributed by atoms with E-state index in [0.717, 1.165) is 11.1 Å². The number of hydrogen-bond donors (Lipinski definition) is 3. The monoisotopic (exact) mass is 262 g/mol. The average molecular weight is 262 g/mol. The summed E-state index contributed by atoms with van der Waals surface area (Å²) in [6.45, 7) is 5.84. The Morgan fingerprint density at radius 1 is 1.32 bits per heavy atom. The van der Waals surface area contributed by atoms with Crippen molar-refractivity contribution >= 4 is 12.0 Å². The van der Waals surface area contributed by atoms with Crippen molar-refractivity contribution in [1.29, 1.82) is 0 Å². The Bertz CT molecular complexity index is 457. The van der Waals surface area contributed by atoms with E-state index in [1.54, 1.807) is 31.2 Å². The second-order valence-corrected chi connectivity index (χ2v) is 4.35. The second-order valence-electron chi connectivity index (χ2n) is 4.35. The molecule has 0 fully saturated rings. The molecule has 3 N–H and O–H groups in total. The standard InChI is InChI=1S/C14H18N2O3/c1-10(2)9-15-14(19)16-12(8-13(17)18)11-6-4-3-5-7-11/h3-7,12H,1,8-9H2,2H3,(H,17,18)(H2,15,16,19). The number of rotatable bonds is 6. The lowest BCUT2D eigenvalue weighted by Gasteiger charge is -2.17. The Morgan fingerprint density at radius 3 is 2.47 bits per heavy atom. The maximum Gasteiger partial charge on any atom is 0.315 e. The molecular formula is C14H18N2O3. The van der Waals surface area contributed by atoms with Crippen molar-refractivity contribution in [2.75, 3.05) is 6.54 Å². The van der Waals surface area contributed by atoms with E-state index in [1.807, 2.05) is 6.07 Å². The Morgan fingerprint density at radius 2 is 1.95 bits per heavy atom. The Balaban J connectivity index is 2.67. The zero-order valence-electron chi connectivity index (χ0n) is 10.8. The van der Waals surface area contributed by atoms with E-state index in [4.69, 9.17) is 5.11 Å². The topological polar surface area (TPSA) is 78.4 Å². The molecule has 5 nitrogen and oxygen atoms in total. The van der Waals surface area contributed by atoms with E-state index in [-0.39, 0.29) is 6.42 Å². The molecular weight excluding hydrogens is 244 g/mol. The van der Waals surface area contributed by atoms with Crippen LogP contribution in [0, 0.1) is 0 Å². The van der Waals surface area contributed by atoms with Gasteiger partial charge >= 0.3 is 12.0 Å². The van der Waals surface area contributed by atoms with Crippen LogP contribution >= 0.6 is 0 Å². The van der Waals surface area contributed by atoms with Gasteiger partial charge in [0.1, 0.15) is 0 Å². The number of urea groups is 1. The summed E-state index contributed by atoms with van der Waals surface area (Å²) in [5.74, 6) is -0.964. The largest absolute Gasteiger partial charge is 0.481 e. The zero-order chi connectivity index (χ0) is 14.3. The first-order chi connectivity index (χ1) is 8.99. The molecule has 19 heavy (non-hydrogen) atoms. The van der Waals surface area contributed by atoms with Gasteiger partial charge in [0.2, 0.25) is 0 Å². The minimum Gasteiger partial charge on any atom is -0.481 e. The summed E-state index contributed by atoms with van der Waals surface area (Å²) in [5.41, 5.74) is 1.58. The molecule has 0 spiro atoms. The summed E-state index contributed by atoms with van der Waals surface area (Å²) >= 11 is 0. The molecule has 1 unspecified atom stereocenters. The van der Waals surface area contributed by atoms with Crippen LogP contribution in [0.4, 0.5) is 4.79 Å². The summed E-state index contributed by atoms with van der Waals surface area (Å²) in [5, 5.41) is 14.2. The lowest BCUT2D eigenvalue weighted by molar-refractivity contribution is -0.137. The molecule has 0 saturated heterocycles. The molecule has 0 radical (unpaired) electrons. The molecule has 2 amide bonds. The van der Waals surface area contributed by atoms with E-state index >= 15 is 0 Å². The third-order valence-corrected chi connectivity index (χ3v) is 2.44. The van der Waals surface area contributed by atoms with Gasteiger partial charge in [-0.05, 0) is 12.5 Å². The average Bonchev–Trinajstić information content (AvgIpc) is 2.36. The molecule has 0 aliphatic heterocycles. The van der Waals surface area contributed by atoms with Gasteiger partial charge in [-0.3, -0.25) is 4.79 Å². The smallest absolute Gasteiger partial charge is 0.315 e. The van der Waals surface area contributed by atoms with Gasteiger partial charge in [-0.2, -0.15) is 0 Å². The number of aliphatic carboxylic acids is 1. The number of benzene rings is 1. The van der Waals surface area contributed by atoms with Gasteiger partial charge in [-0.15, -0.1) is 0 Å². The van der Waals surface area contributed by atoms with Gasteiger partial charge in [0.25, 0.3) is 0 Å². The van der Waals surface area contributed by atoms with E-state index < -0.39 is 18.0 Å². The van der Waals surface area contributed by atoms with Crippen molar-refractivity contribution in [3.63, 3.8) is 0 Å². The van der Waals surface area contributed by atoms with Crippen LogP contribution < -0.4 is 10.6 Å². The van der Waals surface area contributed by atoms with Crippen LogP contribution in [0.2, 0.25) is 0 Å². The molecule has 5 heteroatoms. The fourth-order valence-electron chi connectivity index (χ4n) is 1.55. The van der Waals surface area contributed by atoms with E-state index in [1.165, 1.54) is 0 Å². The van der Waals surface area contributed by atoms with Crippen LogP contribution in [0.15, 0.2) is 42.5 Å². The van der Waals surface area contributed by atoms with Gasteiger partial charge in [-0.1, -0.05) is 42.5 Å². The van der Waals surface area contributed by atoms with Crippen molar-refractivity contribution in [2.45, 2.75) is 19.4 Å². The Labute approximate surface area is 112 Å². The summed E-state index contributed by atoms with van der Waals surface area (Å²) in [6, 6.07) is 8.05. The van der Waals surface area contributed by atoms with Crippen molar-refractivity contribution < 1.29 is 14.7 Å². The molecule has 1 aromatic carbocycles. The number of nitrogens with one attached hydrogen (secondary N) is 2. The van der Waals surface area contributed by atoms with Gasteiger partial charge in [-0.25, -0.2) is 4.79 Å². The lowest BCUT2D eigenvalue weighted by Crippen LogP contribution is -2.39. The van der Waals surface area contributed by atoms with Crippen LogP contribution in [-0.4, -0.2) is 23.7 Å². The van der Waals surface area contributed by atoms with Crippen LogP contribution in [0.25, 0.3) is 0 Å². The van der Waals surface area contributed by atoms with E-state index in [9.17, 15) is 9.59 Å². The van der Waals surface area contributed by atoms with Crippen molar-refractivity contribution in [3.05, 3.63) is 48.0 Å². The first-order valence-electron chi connectivity index (χ1n) is 5.94. The molecule has 0 aliphatic carbocycles. The Hall–Kier alpha value is -2.30. The summed E-state index contributed by atoms with van der Waals surface area (Å²) in [6.07, 6.45) is -0.162. The molecule has 1 aromatic rings. The molecule has 1 rings (SSSR count). The normalized spacial score (nSPS) is 11.4. The molecule has 0 aromatic heterocycles. The third-order valence-electron chi connectivity index (χ3n) is 2.44. The number of hydrogen-bond acceptors (Lipinski definition) is 2. The van der Waals surface area contributed by atoms with Crippen molar-refractivity contribution in [2.24, 2.45) is 0 Å². The molecule has 0 heterocycles. The first-order valence-corrected chi connectivity index (χ1v) is 5.94. The number of carboxylic acid groups (broad SMARTS) is 1. The molecule has 0 saturated carbocycles. The highest BCUT2D eigenvalue weighted by Gasteiger charge is 2.17. The van der Waals surface area contributed by atoms with Crippen LogP contribution in [-0.2, 0) is 4.79 Å². The molecule has 102 valence electrons. The van der Waals surface area contributed by atoms with Gasteiger partial charge in [0.15, 0.2) is 0 Å².